The average molecular weight is 899 g/mol. The molecule has 0 unspecified atom stereocenters. The summed E-state index contributed by atoms with van der Waals surface area (Å²) in [6.45, 7) is 0. The number of hydrogen-bond donors (Lipinski definition) is 0. The zero-order valence-electron chi connectivity index (χ0n) is 37.0. The summed E-state index contributed by atoms with van der Waals surface area (Å²) in [6.07, 6.45) is 0. The van der Waals surface area contributed by atoms with Gasteiger partial charge in [-0.2, -0.15) is 0 Å². The number of benzene rings is 10. The van der Waals surface area contributed by atoms with Gasteiger partial charge < -0.3 is 0 Å². The van der Waals surface area contributed by atoms with E-state index in [0.717, 1.165) is 77.2 Å². The second-order valence-electron chi connectivity index (χ2n) is 17.1. The number of fused-ring (bicyclic) bond motifs is 5. The molecule has 0 aliphatic carbocycles. The third-order valence-electron chi connectivity index (χ3n) is 12.8. The van der Waals surface area contributed by atoms with Crippen LogP contribution in [0.25, 0.3) is 132 Å². The summed E-state index contributed by atoms with van der Waals surface area (Å²) < 4.78 is 2.47. The summed E-state index contributed by atoms with van der Waals surface area (Å²) in [7, 11) is 0. The molecule has 0 radical (unpaired) electrons. The summed E-state index contributed by atoms with van der Waals surface area (Å²) in [4.78, 5) is 30.7. The quantitative estimate of drug-likeness (QED) is 0.151. The molecule has 13 rings (SSSR count). The topological polar surface area (TPSA) is 77.3 Å². The zero-order chi connectivity index (χ0) is 45.7. The van der Waals surface area contributed by atoms with E-state index in [0.29, 0.717) is 34.9 Å². The van der Waals surface area contributed by atoms with Gasteiger partial charge in [0, 0.05) is 53.6 Å². The Morgan fingerprint density at radius 1 is 0.246 bits per heavy atom. The molecule has 322 valence electrons. The van der Waals surface area contributed by atoms with E-state index in [1.807, 2.05) is 72.0 Å². The first kappa shape index (κ1) is 40.3. The van der Waals surface area contributed by atoms with Crippen LogP contribution in [0, 0.1) is 0 Å². The third-order valence-corrected chi connectivity index (χ3v) is 13.9. The van der Waals surface area contributed by atoms with Gasteiger partial charge in [0.05, 0.1) is 0 Å². The zero-order valence-corrected chi connectivity index (χ0v) is 37.8. The minimum absolute atomic E-state index is 0.605. The van der Waals surface area contributed by atoms with Crippen LogP contribution in [-0.2, 0) is 0 Å². The minimum atomic E-state index is 0.605. The first-order valence-electron chi connectivity index (χ1n) is 22.9. The molecule has 6 nitrogen and oxygen atoms in total. The van der Waals surface area contributed by atoms with Crippen molar-refractivity contribution >= 4 is 53.1 Å². The van der Waals surface area contributed by atoms with Crippen molar-refractivity contribution < 1.29 is 0 Å². The Labute approximate surface area is 402 Å². The van der Waals surface area contributed by atoms with Crippen LogP contribution in [0.3, 0.4) is 0 Å². The maximum Gasteiger partial charge on any atom is 0.164 e. The van der Waals surface area contributed by atoms with Crippen molar-refractivity contribution in [3.05, 3.63) is 231 Å². The van der Waals surface area contributed by atoms with E-state index in [1.165, 1.54) is 20.2 Å². The molecule has 69 heavy (non-hydrogen) atoms. The second kappa shape index (κ2) is 17.0. The highest BCUT2D eigenvalue weighted by Crippen LogP contribution is 2.46. The summed E-state index contributed by atoms with van der Waals surface area (Å²) in [5, 5.41) is 6.95. The SMILES string of the molecule is c1ccc(-c2nc(-c3ccccc3)nc(-c3ccc(-c4ccc5sc6ccccc6c5c4-c4cccc(-c5nc(-c6ccc7ccccc7c6)nc(-c6cccc7ccccc67)n5)c4)cc3)n2)cc1. The smallest absolute Gasteiger partial charge is 0.164 e. The number of thiophene rings is 1. The molecule has 0 aliphatic heterocycles. The molecular weight excluding hydrogens is 861 g/mol. The second-order valence-corrected chi connectivity index (χ2v) is 18.1. The van der Waals surface area contributed by atoms with Crippen molar-refractivity contribution in [1.82, 2.24) is 29.9 Å². The van der Waals surface area contributed by atoms with Crippen LogP contribution in [0.15, 0.2) is 231 Å². The Kier molecular flexibility index (Phi) is 9.91. The average Bonchev–Trinajstić information content (AvgIpc) is 3.82. The molecule has 3 heterocycles. The van der Waals surface area contributed by atoms with E-state index >= 15 is 0 Å². The first-order chi connectivity index (χ1) is 34.2. The molecule has 0 fully saturated rings. The molecule has 13 aromatic rings. The van der Waals surface area contributed by atoms with Gasteiger partial charge in [-0.1, -0.05) is 206 Å². The van der Waals surface area contributed by atoms with E-state index < -0.39 is 0 Å². The molecule has 0 aliphatic rings. The largest absolute Gasteiger partial charge is 0.208 e. The minimum Gasteiger partial charge on any atom is -0.208 e. The number of aromatic nitrogens is 6. The van der Waals surface area contributed by atoms with Gasteiger partial charge in [-0.15, -0.1) is 11.3 Å². The van der Waals surface area contributed by atoms with Gasteiger partial charge >= 0.3 is 0 Å². The van der Waals surface area contributed by atoms with Crippen molar-refractivity contribution in [3.8, 4) is 90.6 Å². The summed E-state index contributed by atoms with van der Waals surface area (Å²) in [6, 6.07) is 80.2. The van der Waals surface area contributed by atoms with Gasteiger partial charge in [0.25, 0.3) is 0 Å². The van der Waals surface area contributed by atoms with E-state index in [1.54, 1.807) is 0 Å². The van der Waals surface area contributed by atoms with E-state index in [9.17, 15) is 0 Å². The molecule has 10 aromatic carbocycles. The Bertz CT molecular complexity index is 4010. The van der Waals surface area contributed by atoms with Crippen LogP contribution < -0.4 is 0 Å². The van der Waals surface area contributed by atoms with Gasteiger partial charge in [0.15, 0.2) is 34.9 Å². The monoisotopic (exact) mass is 898 g/mol. The van der Waals surface area contributed by atoms with Crippen molar-refractivity contribution in [2.75, 3.05) is 0 Å². The molecule has 0 amide bonds. The summed E-state index contributed by atoms with van der Waals surface area (Å²) in [5.41, 5.74) is 9.97. The Morgan fingerprint density at radius 3 is 1.43 bits per heavy atom. The summed E-state index contributed by atoms with van der Waals surface area (Å²) >= 11 is 1.82. The standard InChI is InChI=1S/C62H38N6S/c1-3-17-42(18-4-1)57-63-58(43-19-5-2-6-20-43)65-59(64-57)44-32-30-41(31-33-44)50-35-36-54-56(52-26-11-12-28-53(52)69-54)55(50)46-23-13-24-47(38-46)60-66-61(48-34-29-39-15-7-8-21-45(39)37-48)68-62(67-60)51-27-14-22-40-16-9-10-25-49(40)51/h1-38H. The highest BCUT2D eigenvalue weighted by atomic mass is 32.1. The maximum absolute atomic E-state index is 5.28. The lowest BCUT2D eigenvalue weighted by atomic mass is 9.89. The first-order valence-corrected chi connectivity index (χ1v) is 23.7. The Hall–Kier alpha value is -9.04. The fourth-order valence-corrected chi connectivity index (χ4v) is 10.5. The molecular formula is C62H38N6S. The highest BCUT2D eigenvalue weighted by molar-refractivity contribution is 7.26. The molecule has 0 saturated heterocycles. The van der Waals surface area contributed by atoms with Gasteiger partial charge in [-0.3, -0.25) is 0 Å². The van der Waals surface area contributed by atoms with E-state index in [4.69, 9.17) is 29.9 Å². The van der Waals surface area contributed by atoms with Crippen molar-refractivity contribution in [1.29, 1.82) is 0 Å². The molecule has 0 N–H and O–H groups in total. The molecule has 3 aromatic heterocycles. The predicted molar refractivity (Wildman–Crippen MR) is 285 cm³/mol. The van der Waals surface area contributed by atoms with E-state index in [-0.39, 0.29) is 0 Å². The van der Waals surface area contributed by atoms with Gasteiger partial charge in [-0.05, 0) is 68.1 Å². The van der Waals surface area contributed by atoms with Crippen LogP contribution in [-0.4, -0.2) is 29.9 Å². The predicted octanol–water partition coefficient (Wildman–Crippen LogP) is 16.1. The lowest BCUT2D eigenvalue weighted by Crippen LogP contribution is -2.01. The summed E-state index contributed by atoms with van der Waals surface area (Å²) in [5.74, 6) is 3.73. The molecule has 0 bridgehead atoms. The van der Waals surface area contributed by atoms with Crippen molar-refractivity contribution in [2.45, 2.75) is 0 Å². The lowest BCUT2D eigenvalue weighted by molar-refractivity contribution is 1.07. The van der Waals surface area contributed by atoms with Crippen molar-refractivity contribution in [3.63, 3.8) is 0 Å². The van der Waals surface area contributed by atoms with Crippen LogP contribution in [0.5, 0.6) is 0 Å². The number of nitrogens with zero attached hydrogens (tertiary/aromatic N) is 6. The van der Waals surface area contributed by atoms with Crippen LogP contribution in [0.2, 0.25) is 0 Å². The van der Waals surface area contributed by atoms with Crippen LogP contribution in [0.1, 0.15) is 0 Å². The Balaban J connectivity index is 0.968. The molecule has 0 saturated carbocycles. The van der Waals surface area contributed by atoms with Crippen LogP contribution in [0.4, 0.5) is 0 Å². The molecule has 7 heteroatoms. The number of rotatable bonds is 8. The molecule has 0 atom stereocenters. The number of hydrogen-bond acceptors (Lipinski definition) is 7. The third kappa shape index (κ3) is 7.48. The van der Waals surface area contributed by atoms with Crippen LogP contribution >= 0.6 is 11.3 Å². The highest BCUT2D eigenvalue weighted by Gasteiger charge is 2.20. The lowest BCUT2D eigenvalue weighted by Gasteiger charge is -2.15. The Morgan fingerprint density at radius 2 is 0.725 bits per heavy atom. The maximum atomic E-state index is 5.28. The van der Waals surface area contributed by atoms with Gasteiger partial charge in [0.1, 0.15) is 0 Å². The van der Waals surface area contributed by atoms with Gasteiger partial charge in [0.2, 0.25) is 0 Å². The fourth-order valence-electron chi connectivity index (χ4n) is 9.41. The van der Waals surface area contributed by atoms with E-state index in [2.05, 4.69) is 170 Å². The van der Waals surface area contributed by atoms with Gasteiger partial charge in [-0.25, -0.2) is 29.9 Å². The fraction of sp³-hybridized carbons (Fsp3) is 0. The van der Waals surface area contributed by atoms with Crippen molar-refractivity contribution in [2.24, 2.45) is 0 Å². The normalized spacial score (nSPS) is 11.5. The molecule has 0 spiro atoms.